The molecule has 114 valence electrons. The molecule has 3 nitrogen and oxygen atoms in total. The molecular weight excluding hydrogens is 262 g/mol. The second-order valence-corrected chi connectivity index (χ2v) is 5.38. The van der Waals surface area contributed by atoms with Crippen LogP contribution < -0.4 is 5.32 Å². The number of carbonyl (C=O) groups is 1. The van der Waals surface area contributed by atoms with Gasteiger partial charge in [0.15, 0.2) is 0 Å². The van der Waals surface area contributed by atoms with Crippen LogP contribution in [-0.2, 0) is 0 Å². The third kappa shape index (κ3) is 6.01. The largest absolute Gasteiger partial charge is 0.384 e. The van der Waals surface area contributed by atoms with Crippen LogP contribution in [0.15, 0.2) is 18.2 Å². The third-order valence-electron chi connectivity index (χ3n) is 3.34. The summed E-state index contributed by atoms with van der Waals surface area (Å²) in [6, 6.07) is 5.75. The van der Waals surface area contributed by atoms with Gasteiger partial charge in [-0.15, -0.1) is 0 Å². The van der Waals surface area contributed by atoms with Crippen LogP contribution in [0.2, 0.25) is 0 Å². The Hall–Kier alpha value is -1.79. The molecule has 0 bridgehead atoms. The first kappa shape index (κ1) is 17.3. The summed E-state index contributed by atoms with van der Waals surface area (Å²) >= 11 is 0. The van der Waals surface area contributed by atoms with Gasteiger partial charge in [-0.05, 0) is 32.4 Å². The maximum Gasteiger partial charge on any atom is 0.252 e. The smallest absolute Gasteiger partial charge is 0.252 e. The Balaban J connectivity index is 2.78. The first-order valence-corrected chi connectivity index (χ1v) is 7.59. The van der Waals surface area contributed by atoms with Crippen molar-refractivity contribution in [3.05, 3.63) is 34.9 Å². The monoisotopic (exact) mass is 287 g/mol. The number of aliphatic hydroxyl groups is 1. The highest BCUT2D eigenvalue weighted by Crippen LogP contribution is 2.12. The highest BCUT2D eigenvalue weighted by molar-refractivity contribution is 5.97. The van der Waals surface area contributed by atoms with Crippen molar-refractivity contribution in [2.45, 2.75) is 52.5 Å². The van der Waals surface area contributed by atoms with Gasteiger partial charge in [-0.1, -0.05) is 49.7 Å². The van der Waals surface area contributed by atoms with Gasteiger partial charge in [0, 0.05) is 11.6 Å². The second-order valence-electron chi connectivity index (χ2n) is 5.38. The topological polar surface area (TPSA) is 49.3 Å². The second kappa shape index (κ2) is 9.20. The van der Waals surface area contributed by atoms with Crippen LogP contribution in [0.3, 0.4) is 0 Å². The number of aryl methyl sites for hydroxylation is 1. The number of hydrogen-bond acceptors (Lipinski definition) is 2. The molecule has 0 aliphatic heterocycles. The van der Waals surface area contributed by atoms with E-state index in [4.69, 9.17) is 5.11 Å². The molecule has 0 fully saturated rings. The Morgan fingerprint density at radius 1 is 1.38 bits per heavy atom. The predicted octanol–water partition coefficient (Wildman–Crippen LogP) is 3.04. The quantitative estimate of drug-likeness (QED) is 0.624. The summed E-state index contributed by atoms with van der Waals surface area (Å²) in [5, 5.41) is 11.8. The zero-order valence-electron chi connectivity index (χ0n) is 13.2. The Morgan fingerprint density at radius 2 is 2.14 bits per heavy atom. The first-order chi connectivity index (χ1) is 10.1. The number of benzene rings is 1. The summed E-state index contributed by atoms with van der Waals surface area (Å²) in [5.41, 5.74) is 2.26. The van der Waals surface area contributed by atoms with Crippen LogP contribution in [0.4, 0.5) is 0 Å². The Morgan fingerprint density at radius 3 is 2.81 bits per heavy atom. The maximum atomic E-state index is 12.4. The summed E-state index contributed by atoms with van der Waals surface area (Å²) in [5.74, 6) is 5.34. The van der Waals surface area contributed by atoms with Crippen molar-refractivity contribution in [2.75, 3.05) is 6.61 Å². The van der Waals surface area contributed by atoms with Crippen molar-refractivity contribution >= 4 is 5.91 Å². The van der Waals surface area contributed by atoms with E-state index in [1.165, 1.54) is 12.8 Å². The van der Waals surface area contributed by atoms with Gasteiger partial charge in [0.25, 0.3) is 5.91 Å². The molecule has 1 aromatic carbocycles. The van der Waals surface area contributed by atoms with Gasteiger partial charge in [-0.25, -0.2) is 0 Å². The average Bonchev–Trinajstić information content (AvgIpc) is 2.46. The van der Waals surface area contributed by atoms with Gasteiger partial charge in [0.2, 0.25) is 0 Å². The van der Waals surface area contributed by atoms with Crippen LogP contribution in [0.25, 0.3) is 0 Å². The van der Waals surface area contributed by atoms with Crippen molar-refractivity contribution in [2.24, 2.45) is 0 Å². The van der Waals surface area contributed by atoms with Crippen molar-refractivity contribution < 1.29 is 9.90 Å². The standard InChI is InChI=1S/C18H25NO2/c1-4-5-6-8-15(3)19-18(21)17-13-14(2)10-11-16(17)9-7-12-20/h10-11,13,15,20H,4-6,8,12H2,1-3H3,(H,19,21). The van der Waals surface area contributed by atoms with E-state index < -0.39 is 0 Å². The number of aliphatic hydroxyl groups excluding tert-OH is 1. The fraction of sp³-hybridized carbons (Fsp3) is 0.500. The van der Waals surface area contributed by atoms with Crippen molar-refractivity contribution in [3.63, 3.8) is 0 Å². The minimum Gasteiger partial charge on any atom is -0.384 e. The van der Waals surface area contributed by atoms with Gasteiger partial charge >= 0.3 is 0 Å². The van der Waals surface area contributed by atoms with E-state index >= 15 is 0 Å². The van der Waals surface area contributed by atoms with E-state index in [0.717, 1.165) is 18.4 Å². The summed E-state index contributed by atoms with van der Waals surface area (Å²) in [4.78, 5) is 12.4. The van der Waals surface area contributed by atoms with E-state index in [1.807, 2.05) is 32.0 Å². The van der Waals surface area contributed by atoms with E-state index in [1.54, 1.807) is 0 Å². The van der Waals surface area contributed by atoms with Gasteiger partial charge in [0.1, 0.15) is 6.61 Å². The minimum atomic E-state index is -0.206. The first-order valence-electron chi connectivity index (χ1n) is 7.59. The summed E-state index contributed by atoms with van der Waals surface area (Å²) < 4.78 is 0. The lowest BCUT2D eigenvalue weighted by Gasteiger charge is -2.14. The zero-order chi connectivity index (χ0) is 15.7. The molecule has 1 amide bonds. The molecule has 0 saturated heterocycles. The summed E-state index contributed by atoms with van der Waals surface area (Å²) in [6.07, 6.45) is 4.49. The predicted molar refractivity (Wildman–Crippen MR) is 86.2 cm³/mol. The van der Waals surface area contributed by atoms with Crippen LogP contribution in [0.1, 0.15) is 61.0 Å². The number of carbonyl (C=O) groups excluding carboxylic acids is 1. The number of amides is 1. The third-order valence-corrected chi connectivity index (χ3v) is 3.34. The highest BCUT2D eigenvalue weighted by atomic mass is 16.2. The molecule has 1 aromatic rings. The molecule has 0 heterocycles. The molecule has 0 aromatic heterocycles. The van der Waals surface area contributed by atoms with Crippen LogP contribution in [-0.4, -0.2) is 23.7 Å². The molecular formula is C18H25NO2. The van der Waals surface area contributed by atoms with Crippen molar-refractivity contribution in [3.8, 4) is 11.8 Å². The average molecular weight is 287 g/mol. The molecule has 2 N–H and O–H groups in total. The molecule has 0 saturated carbocycles. The van der Waals surface area contributed by atoms with E-state index in [-0.39, 0.29) is 18.6 Å². The van der Waals surface area contributed by atoms with Crippen molar-refractivity contribution in [1.29, 1.82) is 0 Å². The number of rotatable bonds is 6. The fourth-order valence-corrected chi connectivity index (χ4v) is 2.16. The molecule has 0 radical (unpaired) electrons. The molecule has 0 spiro atoms. The Labute approximate surface area is 127 Å². The number of nitrogens with one attached hydrogen (secondary N) is 1. The fourth-order valence-electron chi connectivity index (χ4n) is 2.16. The summed E-state index contributed by atoms with van der Waals surface area (Å²) in [7, 11) is 0. The van der Waals surface area contributed by atoms with Crippen molar-refractivity contribution in [1.82, 2.24) is 5.32 Å². The lowest BCUT2D eigenvalue weighted by molar-refractivity contribution is 0.0937. The number of unbranched alkanes of at least 4 members (excludes halogenated alkanes) is 2. The van der Waals surface area contributed by atoms with Gasteiger partial charge < -0.3 is 10.4 Å². The lowest BCUT2D eigenvalue weighted by Crippen LogP contribution is -2.33. The molecule has 0 aliphatic rings. The molecule has 1 atom stereocenters. The molecule has 1 unspecified atom stereocenters. The normalized spacial score (nSPS) is 11.4. The lowest BCUT2D eigenvalue weighted by atomic mass is 10.0. The maximum absolute atomic E-state index is 12.4. The Bertz CT molecular complexity index is 526. The number of hydrogen-bond donors (Lipinski definition) is 2. The zero-order valence-corrected chi connectivity index (χ0v) is 13.2. The molecule has 0 aliphatic carbocycles. The van der Waals surface area contributed by atoms with Crippen LogP contribution in [0, 0.1) is 18.8 Å². The Kier molecular flexibility index (Phi) is 7.56. The molecule has 21 heavy (non-hydrogen) atoms. The van der Waals surface area contributed by atoms with Gasteiger partial charge in [0.05, 0.1) is 5.56 Å². The SMILES string of the molecule is CCCCCC(C)NC(=O)c1cc(C)ccc1C#CCO. The molecule has 3 heteroatoms. The van der Waals surface area contributed by atoms with E-state index in [9.17, 15) is 4.79 Å². The van der Waals surface area contributed by atoms with Gasteiger partial charge in [-0.3, -0.25) is 4.79 Å². The minimum absolute atomic E-state index is 0.0926. The summed E-state index contributed by atoms with van der Waals surface area (Å²) in [6.45, 7) is 5.94. The van der Waals surface area contributed by atoms with Crippen LogP contribution >= 0.6 is 0 Å². The van der Waals surface area contributed by atoms with E-state index in [2.05, 4.69) is 24.1 Å². The molecule has 1 rings (SSSR count). The van der Waals surface area contributed by atoms with E-state index in [0.29, 0.717) is 11.1 Å². The van der Waals surface area contributed by atoms with Gasteiger partial charge in [-0.2, -0.15) is 0 Å². The highest BCUT2D eigenvalue weighted by Gasteiger charge is 2.13. The van der Waals surface area contributed by atoms with Crippen LogP contribution in [0.5, 0.6) is 0 Å².